The molecular formula is C17H15F2N3OS. The van der Waals surface area contributed by atoms with Gasteiger partial charge in [-0.15, -0.1) is 0 Å². The van der Waals surface area contributed by atoms with Crippen LogP contribution in [0.4, 0.5) is 13.9 Å². The molecule has 0 aliphatic heterocycles. The van der Waals surface area contributed by atoms with Gasteiger partial charge in [0, 0.05) is 13.6 Å². The van der Waals surface area contributed by atoms with Crippen LogP contribution in [0.3, 0.4) is 0 Å². The van der Waals surface area contributed by atoms with E-state index in [1.807, 2.05) is 0 Å². The molecule has 0 aliphatic carbocycles. The first-order valence-electron chi connectivity index (χ1n) is 7.30. The highest BCUT2D eigenvalue weighted by molar-refractivity contribution is 7.22. The van der Waals surface area contributed by atoms with E-state index in [4.69, 9.17) is 0 Å². The Hall–Kier alpha value is -2.54. The van der Waals surface area contributed by atoms with Gasteiger partial charge < -0.3 is 10.2 Å². The Morgan fingerprint density at radius 2 is 1.96 bits per heavy atom. The first-order chi connectivity index (χ1) is 11.5. The zero-order chi connectivity index (χ0) is 17.1. The number of amides is 1. The molecule has 0 atom stereocenters. The van der Waals surface area contributed by atoms with E-state index in [0.717, 1.165) is 10.3 Å². The van der Waals surface area contributed by atoms with Gasteiger partial charge in [0.1, 0.15) is 17.2 Å². The number of carbonyl (C=O) groups excluding carboxylic acids is 1. The fourth-order valence-corrected chi connectivity index (χ4v) is 3.15. The lowest BCUT2D eigenvalue weighted by atomic mass is 10.2. The first kappa shape index (κ1) is 16.3. The molecule has 0 radical (unpaired) electrons. The van der Waals surface area contributed by atoms with Crippen LogP contribution in [-0.4, -0.2) is 24.5 Å². The number of hydrogen-bond donors (Lipinski definition) is 1. The number of thiazole rings is 1. The highest BCUT2D eigenvalue weighted by Gasteiger charge is 2.13. The SMILES string of the molecule is CN(CC(=O)NCc1ccc(F)cc1)c1nc2c(F)cccc2s1. The average molecular weight is 347 g/mol. The number of benzene rings is 2. The molecule has 0 aliphatic rings. The molecule has 0 unspecified atom stereocenters. The third kappa shape index (κ3) is 3.68. The Kier molecular flexibility index (Phi) is 4.71. The van der Waals surface area contributed by atoms with Crippen LogP contribution in [-0.2, 0) is 11.3 Å². The predicted octanol–water partition coefficient (Wildman–Crippen LogP) is 3.33. The summed E-state index contributed by atoms with van der Waals surface area (Å²) in [5.41, 5.74) is 1.13. The van der Waals surface area contributed by atoms with Crippen molar-refractivity contribution >= 4 is 32.6 Å². The van der Waals surface area contributed by atoms with E-state index in [2.05, 4.69) is 10.3 Å². The molecule has 4 nitrogen and oxygen atoms in total. The van der Waals surface area contributed by atoms with Crippen LogP contribution >= 0.6 is 11.3 Å². The minimum absolute atomic E-state index is 0.0998. The van der Waals surface area contributed by atoms with Gasteiger partial charge in [-0.1, -0.05) is 29.5 Å². The van der Waals surface area contributed by atoms with Crippen LogP contribution in [0.15, 0.2) is 42.5 Å². The summed E-state index contributed by atoms with van der Waals surface area (Å²) in [6.45, 7) is 0.421. The number of nitrogens with zero attached hydrogens (tertiary/aromatic N) is 2. The van der Waals surface area contributed by atoms with Crippen molar-refractivity contribution in [3.63, 3.8) is 0 Å². The third-order valence-electron chi connectivity index (χ3n) is 3.47. The van der Waals surface area contributed by atoms with E-state index in [0.29, 0.717) is 17.2 Å². The molecule has 1 heterocycles. The molecule has 0 saturated carbocycles. The van der Waals surface area contributed by atoms with E-state index in [-0.39, 0.29) is 24.1 Å². The number of nitrogens with one attached hydrogen (secondary N) is 1. The minimum Gasteiger partial charge on any atom is -0.350 e. The van der Waals surface area contributed by atoms with Gasteiger partial charge in [0.2, 0.25) is 5.91 Å². The Bertz CT molecular complexity index is 864. The molecule has 1 amide bonds. The maximum Gasteiger partial charge on any atom is 0.239 e. The zero-order valence-electron chi connectivity index (χ0n) is 12.9. The summed E-state index contributed by atoms with van der Waals surface area (Å²) in [5.74, 6) is -0.876. The second-order valence-electron chi connectivity index (χ2n) is 5.34. The minimum atomic E-state index is -0.371. The summed E-state index contributed by atoms with van der Waals surface area (Å²) in [4.78, 5) is 17.9. The number of aromatic nitrogens is 1. The van der Waals surface area contributed by atoms with Crippen LogP contribution < -0.4 is 10.2 Å². The van der Waals surface area contributed by atoms with Crippen LogP contribution in [0.5, 0.6) is 0 Å². The van der Waals surface area contributed by atoms with Crippen LogP contribution in [0, 0.1) is 11.6 Å². The van der Waals surface area contributed by atoms with Crippen molar-refractivity contribution in [2.45, 2.75) is 6.54 Å². The number of anilines is 1. The number of likely N-dealkylation sites (N-methyl/N-ethyl adjacent to an activating group) is 1. The molecule has 24 heavy (non-hydrogen) atoms. The summed E-state index contributed by atoms with van der Waals surface area (Å²) in [5, 5.41) is 3.34. The summed E-state index contributed by atoms with van der Waals surface area (Å²) in [6.07, 6.45) is 0. The van der Waals surface area contributed by atoms with Crippen molar-refractivity contribution in [1.82, 2.24) is 10.3 Å². The standard InChI is InChI=1S/C17H15F2N3OS/c1-22(17-21-16-13(19)3-2-4-14(16)24-17)10-15(23)20-9-11-5-7-12(18)8-6-11/h2-8H,9-10H2,1H3,(H,20,23). The van der Waals surface area contributed by atoms with Crippen molar-refractivity contribution in [1.29, 1.82) is 0 Å². The second-order valence-corrected chi connectivity index (χ2v) is 6.35. The number of hydrogen-bond acceptors (Lipinski definition) is 4. The van der Waals surface area contributed by atoms with E-state index < -0.39 is 0 Å². The van der Waals surface area contributed by atoms with E-state index in [1.165, 1.54) is 29.5 Å². The number of halogens is 2. The van der Waals surface area contributed by atoms with Gasteiger partial charge in [-0.2, -0.15) is 0 Å². The van der Waals surface area contributed by atoms with Crippen molar-refractivity contribution in [3.05, 3.63) is 59.7 Å². The summed E-state index contributed by atoms with van der Waals surface area (Å²) >= 11 is 1.33. The molecule has 1 aromatic heterocycles. The normalized spacial score (nSPS) is 10.8. The molecule has 124 valence electrons. The lowest BCUT2D eigenvalue weighted by molar-refractivity contribution is -0.119. The zero-order valence-corrected chi connectivity index (χ0v) is 13.7. The van der Waals surface area contributed by atoms with Gasteiger partial charge in [-0.25, -0.2) is 13.8 Å². The van der Waals surface area contributed by atoms with Gasteiger partial charge in [0.15, 0.2) is 5.13 Å². The van der Waals surface area contributed by atoms with E-state index >= 15 is 0 Å². The molecule has 0 fully saturated rings. The van der Waals surface area contributed by atoms with Crippen molar-refractivity contribution in [2.24, 2.45) is 0 Å². The molecule has 0 spiro atoms. The highest BCUT2D eigenvalue weighted by atomic mass is 32.1. The topological polar surface area (TPSA) is 45.2 Å². The molecule has 0 bridgehead atoms. The molecule has 3 rings (SSSR count). The molecular weight excluding hydrogens is 332 g/mol. The Balaban J connectivity index is 1.60. The van der Waals surface area contributed by atoms with Crippen molar-refractivity contribution < 1.29 is 13.6 Å². The molecule has 0 saturated heterocycles. The largest absolute Gasteiger partial charge is 0.350 e. The summed E-state index contributed by atoms with van der Waals surface area (Å²) < 4.78 is 27.3. The fourth-order valence-electron chi connectivity index (χ4n) is 2.21. The summed E-state index contributed by atoms with van der Waals surface area (Å²) in [7, 11) is 1.73. The molecule has 3 aromatic rings. The second kappa shape index (κ2) is 6.92. The van der Waals surface area contributed by atoms with Gasteiger partial charge in [0.05, 0.1) is 11.2 Å². The number of fused-ring (bicyclic) bond motifs is 1. The van der Waals surface area contributed by atoms with Crippen LogP contribution in [0.25, 0.3) is 10.2 Å². The fraction of sp³-hybridized carbons (Fsp3) is 0.176. The number of carbonyl (C=O) groups is 1. The number of para-hydroxylation sites is 1. The predicted molar refractivity (Wildman–Crippen MR) is 91.1 cm³/mol. The lowest BCUT2D eigenvalue weighted by Crippen LogP contribution is -2.34. The molecule has 1 N–H and O–H groups in total. The third-order valence-corrected chi connectivity index (χ3v) is 4.60. The Morgan fingerprint density at radius 1 is 1.21 bits per heavy atom. The van der Waals surface area contributed by atoms with E-state index in [1.54, 1.807) is 36.2 Å². The van der Waals surface area contributed by atoms with Crippen molar-refractivity contribution in [3.8, 4) is 0 Å². The average Bonchev–Trinajstić information content (AvgIpc) is 3.00. The Morgan fingerprint density at radius 3 is 2.67 bits per heavy atom. The monoisotopic (exact) mass is 347 g/mol. The quantitative estimate of drug-likeness (QED) is 0.770. The Labute approximate surface area is 141 Å². The van der Waals surface area contributed by atoms with Gasteiger partial charge in [-0.3, -0.25) is 4.79 Å². The van der Waals surface area contributed by atoms with Gasteiger partial charge >= 0.3 is 0 Å². The summed E-state index contributed by atoms with van der Waals surface area (Å²) in [6, 6.07) is 10.7. The van der Waals surface area contributed by atoms with Crippen LogP contribution in [0.1, 0.15) is 5.56 Å². The maximum absolute atomic E-state index is 13.7. The van der Waals surface area contributed by atoms with Gasteiger partial charge in [-0.05, 0) is 29.8 Å². The lowest BCUT2D eigenvalue weighted by Gasteiger charge is -2.15. The van der Waals surface area contributed by atoms with Gasteiger partial charge in [0.25, 0.3) is 0 Å². The smallest absolute Gasteiger partial charge is 0.239 e. The highest BCUT2D eigenvalue weighted by Crippen LogP contribution is 2.29. The van der Waals surface area contributed by atoms with Crippen molar-refractivity contribution in [2.75, 3.05) is 18.5 Å². The number of rotatable bonds is 5. The molecule has 7 heteroatoms. The van der Waals surface area contributed by atoms with E-state index in [9.17, 15) is 13.6 Å². The van der Waals surface area contributed by atoms with Crippen LogP contribution in [0.2, 0.25) is 0 Å². The first-order valence-corrected chi connectivity index (χ1v) is 8.12. The maximum atomic E-state index is 13.7. The molecule has 2 aromatic carbocycles.